The molecule has 0 N–H and O–H groups in total. The van der Waals surface area contributed by atoms with Crippen LogP contribution in [0.3, 0.4) is 0 Å². The molecule has 12 rings (SSSR count). The van der Waals surface area contributed by atoms with Crippen molar-refractivity contribution in [2.75, 3.05) is 9.80 Å². The fraction of sp³-hybridized carbons (Fsp3) is 0.233. The molecule has 9 aromatic rings. The van der Waals surface area contributed by atoms with E-state index in [2.05, 4.69) is 218 Å². The van der Waals surface area contributed by atoms with Gasteiger partial charge in [0.05, 0.1) is 5.69 Å². The highest BCUT2D eigenvalue weighted by molar-refractivity contribution is 7.00. The summed E-state index contributed by atoms with van der Waals surface area (Å²) in [5.41, 5.74) is 21.0. The second-order valence-corrected chi connectivity index (χ2v) is 21.7. The van der Waals surface area contributed by atoms with Crippen LogP contribution in [0.4, 0.5) is 34.1 Å². The fourth-order valence-electron chi connectivity index (χ4n) is 10.9. The highest BCUT2D eigenvalue weighted by atomic mass is 16.3. The number of hydrogen-bond donors (Lipinski definition) is 0. The molecule has 0 bridgehead atoms. The van der Waals surface area contributed by atoms with Crippen molar-refractivity contribution in [3.63, 3.8) is 0 Å². The average Bonchev–Trinajstić information content (AvgIpc) is 3.87. The van der Waals surface area contributed by atoms with E-state index in [1.165, 1.54) is 77.9 Å². The van der Waals surface area contributed by atoms with Gasteiger partial charge in [0.25, 0.3) is 6.71 Å². The first kappa shape index (κ1) is 39.8. The fourth-order valence-corrected chi connectivity index (χ4v) is 10.9. The smallest absolute Gasteiger partial charge is 0.252 e. The van der Waals surface area contributed by atoms with Crippen molar-refractivity contribution in [3.8, 4) is 0 Å². The minimum absolute atomic E-state index is 0.00241. The maximum atomic E-state index is 6.89. The van der Waals surface area contributed by atoms with Gasteiger partial charge in [-0.2, -0.15) is 0 Å². The van der Waals surface area contributed by atoms with E-state index in [0.29, 0.717) is 0 Å². The Morgan fingerprint density at radius 1 is 0.477 bits per heavy atom. The molecule has 0 radical (unpaired) electrons. The SMILES string of the molecule is CC(C)(C)c1ccc2c(c1)N(c1ccc(C3=CCCc4c3oc3ccccc43)cc1)c1cc(C(C)(C)C)cc3c1B2c1ccc(C(C)(C)C)cc1N3c1cccc2c1oc1ccccc12. The largest absolute Gasteiger partial charge is 0.456 e. The Balaban J connectivity index is 1.13. The molecule has 0 saturated carbocycles. The van der Waals surface area contributed by atoms with E-state index in [1.54, 1.807) is 0 Å². The number of furan rings is 2. The van der Waals surface area contributed by atoms with Crippen LogP contribution in [-0.2, 0) is 22.7 Å². The first-order valence-electron chi connectivity index (χ1n) is 23.4. The van der Waals surface area contributed by atoms with Gasteiger partial charge in [-0.1, -0.05) is 153 Å². The molecule has 320 valence electrons. The molecule has 1 aliphatic carbocycles. The number of allylic oxidation sites excluding steroid dienone is 1. The molecule has 0 spiro atoms. The predicted octanol–water partition coefficient (Wildman–Crippen LogP) is 14.7. The molecule has 5 heteroatoms. The highest BCUT2D eigenvalue weighted by Gasteiger charge is 2.45. The number of hydrogen-bond acceptors (Lipinski definition) is 4. The normalized spacial score (nSPS) is 14.7. The lowest BCUT2D eigenvalue weighted by Gasteiger charge is -2.45. The van der Waals surface area contributed by atoms with Crippen LogP contribution in [-0.4, -0.2) is 6.71 Å². The van der Waals surface area contributed by atoms with Gasteiger partial charge in [0, 0.05) is 55.7 Å². The van der Waals surface area contributed by atoms with Crippen LogP contribution < -0.4 is 26.2 Å². The molecule has 0 amide bonds. The Hall–Kier alpha value is -6.72. The Kier molecular flexibility index (Phi) is 8.52. The van der Waals surface area contributed by atoms with E-state index in [1.807, 2.05) is 0 Å². The monoisotopic (exact) mass is 846 g/mol. The van der Waals surface area contributed by atoms with Crippen LogP contribution in [0.1, 0.15) is 102 Å². The molecule has 3 aliphatic rings. The van der Waals surface area contributed by atoms with Gasteiger partial charge in [-0.25, -0.2) is 0 Å². The first-order valence-corrected chi connectivity index (χ1v) is 23.4. The van der Waals surface area contributed by atoms with E-state index in [0.717, 1.165) is 57.5 Å². The molecule has 2 aliphatic heterocycles. The summed E-state index contributed by atoms with van der Waals surface area (Å²) in [4.78, 5) is 5.10. The lowest BCUT2D eigenvalue weighted by Crippen LogP contribution is -2.61. The molecule has 0 fully saturated rings. The summed E-state index contributed by atoms with van der Waals surface area (Å²) in [6.07, 6.45) is 4.35. The summed E-state index contributed by atoms with van der Waals surface area (Å²) in [5, 5.41) is 3.48. The van der Waals surface area contributed by atoms with Crippen LogP contribution >= 0.6 is 0 Å². The van der Waals surface area contributed by atoms with E-state index in [-0.39, 0.29) is 23.0 Å². The molecule has 0 saturated heterocycles. The molecule has 0 unspecified atom stereocenters. The third-order valence-electron chi connectivity index (χ3n) is 14.4. The van der Waals surface area contributed by atoms with Gasteiger partial charge in [-0.15, -0.1) is 0 Å². The molecule has 4 heterocycles. The Morgan fingerprint density at radius 2 is 1.03 bits per heavy atom. The van der Waals surface area contributed by atoms with Gasteiger partial charge in [0.2, 0.25) is 0 Å². The Morgan fingerprint density at radius 3 is 1.68 bits per heavy atom. The quantitative estimate of drug-likeness (QED) is 0.166. The zero-order valence-corrected chi connectivity index (χ0v) is 39.1. The van der Waals surface area contributed by atoms with Crippen LogP contribution in [0.25, 0.3) is 38.5 Å². The third kappa shape index (κ3) is 6.11. The number of benzene rings is 7. The summed E-state index contributed by atoms with van der Waals surface area (Å²) >= 11 is 0. The summed E-state index contributed by atoms with van der Waals surface area (Å²) in [5.74, 6) is 1.01. The van der Waals surface area contributed by atoms with E-state index < -0.39 is 0 Å². The maximum absolute atomic E-state index is 6.89. The van der Waals surface area contributed by atoms with E-state index in [9.17, 15) is 0 Å². The molecular formula is C60H55BN2O2. The maximum Gasteiger partial charge on any atom is 0.252 e. The minimum Gasteiger partial charge on any atom is -0.456 e. The van der Waals surface area contributed by atoms with E-state index >= 15 is 0 Å². The third-order valence-corrected chi connectivity index (χ3v) is 14.4. The van der Waals surface area contributed by atoms with Gasteiger partial charge in [-0.05, 0) is 122 Å². The first-order chi connectivity index (χ1) is 31.1. The number of nitrogens with zero attached hydrogens (tertiary/aromatic N) is 2. The summed E-state index contributed by atoms with van der Waals surface area (Å²) < 4.78 is 13.5. The van der Waals surface area contributed by atoms with Crippen LogP contribution in [0.5, 0.6) is 0 Å². The lowest BCUT2D eigenvalue weighted by molar-refractivity contribution is 0.590. The highest BCUT2D eigenvalue weighted by Crippen LogP contribution is 2.50. The number of anilines is 6. The van der Waals surface area contributed by atoms with Crippen LogP contribution in [0, 0.1) is 0 Å². The van der Waals surface area contributed by atoms with Gasteiger partial charge < -0.3 is 18.6 Å². The number of aryl methyl sites for hydroxylation is 1. The molecule has 0 atom stereocenters. The summed E-state index contributed by atoms with van der Waals surface area (Å²) in [6, 6.07) is 52.4. The number of fused-ring (bicyclic) bond motifs is 10. The number of para-hydroxylation sites is 3. The molecule has 7 aromatic carbocycles. The number of rotatable bonds is 3. The van der Waals surface area contributed by atoms with Gasteiger partial charge in [-0.3, -0.25) is 0 Å². The second-order valence-electron chi connectivity index (χ2n) is 21.7. The zero-order chi connectivity index (χ0) is 44.7. The molecule has 2 aromatic heterocycles. The predicted molar refractivity (Wildman–Crippen MR) is 275 cm³/mol. The van der Waals surface area contributed by atoms with Crippen molar-refractivity contribution in [2.24, 2.45) is 0 Å². The van der Waals surface area contributed by atoms with Crippen molar-refractivity contribution in [3.05, 3.63) is 179 Å². The lowest BCUT2D eigenvalue weighted by atomic mass is 9.33. The van der Waals surface area contributed by atoms with Crippen molar-refractivity contribution in [2.45, 2.75) is 91.4 Å². The topological polar surface area (TPSA) is 32.8 Å². The molecular weight excluding hydrogens is 791 g/mol. The Labute approximate surface area is 383 Å². The van der Waals surface area contributed by atoms with Crippen LogP contribution in [0.2, 0.25) is 0 Å². The van der Waals surface area contributed by atoms with Crippen molar-refractivity contribution in [1.82, 2.24) is 0 Å². The van der Waals surface area contributed by atoms with Gasteiger partial charge in [0.15, 0.2) is 5.58 Å². The van der Waals surface area contributed by atoms with Gasteiger partial charge in [0.1, 0.15) is 16.9 Å². The Bertz CT molecular complexity index is 3450. The zero-order valence-electron chi connectivity index (χ0n) is 39.1. The second kappa shape index (κ2) is 13.9. The summed E-state index contributed by atoms with van der Waals surface area (Å²) in [7, 11) is 0. The van der Waals surface area contributed by atoms with Crippen LogP contribution in [0.15, 0.2) is 154 Å². The minimum atomic E-state index is -0.146. The van der Waals surface area contributed by atoms with Crippen molar-refractivity contribution in [1.29, 1.82) is 0 Å². The average molecular weight is 847 g/mol. The molecule has 65 heavy (non-hydrogen) atoms. The van der Waals surface area contributed by atoms with E-state index in [4.69, 9.17) is 8.83 Å². The van der Waals surface area contributed by atoms with Crippen molar-refractivity contribution < 1.29 is 8.83 Å². The standard InChI is InChI=1S/C60H55BN2O2/c1-58(2,3)37-26-30-46-49(32-37)62(40-28-24-36(25-29-40)41-18-14-19-44-42-16-10-12-22-53(42)64-56(41)44)51-34-39(60(7,8)9)35-52-55(51)61(46)47-31-27-38(59(4,5)6)33-50(47)63(52)48-21-15-20-45-43-17-11-13-23-54(43)65-57(45)48/h10-13,15-18,20-35H,14,19H2,1-9H3. The summed E-state index contributed by atoms with van der Waals surface area (Å²) in [6.45, 7) is 21.0. The van der Waals surface area contributed by atoms with Gasteiger partial charge >= 0.3 is 0 Å². The van der Waals surface area contributed by atoms with Crippen molar-refractivity contribution >= 4 is 95.7 Å². The molecule has 4 nitrogen and oxygen atoms in total.